The Labute approximate surface area is 799 Å². The third-order valence-corrected chi connectivity index (χ3v) is 22.7. The van der Waals surface area contributed by atoms with E-state index < -0.39 is 221 Å². The van der Waals surface area contributed by atoms with Crippen LogP contribution in [-0.4, -0.2) is 268 Å². The van der Waals surface area contributed by atoms with Crippen LogP contribution in [0.15, 0.2) is 73.8 Å². The van der Waals surface area contributed by atoms with Crippen LogP contribution in [0.3, 0.4) is 0 Å². The fourth-order valence-corrected chi connectivity index (χ4v) is 14.7. The van der Waals surface area contributed by atoms with Crippen LogP contribution in [0.2, 0.25) is 0 Å². The summed E-state index contributed by atoms with van der Waals surface area (Å²) in [5.41, 5.74) is 9.66. The minimum atomic E-state index is -4.20. The Morgan fingerprint density at radius 2 is 0.561 bits per heavy atom. The quantitative estimate of drug-likeness (QED) is 0.0112. The molecule has 0 aliphatic rings. The van der Waals surface area contributed by atoms with E-state index >= 15 is 0 Å². The number of carbonyl (C=O) groups is 8. The van der Waals surface area contributed by atoms with Crippen molar-refractivity contribution < 1.29 is 192 Å². The number of carbonyl (C=O) groups excluding carboxylic acids is 8. The van der Waals surface area contributed by atoms with E-state index in [4.69, 9.17) is 131 Å². The van der Waals surface area contributed by atoms with Gasteiger partial charge < -0.3 is 94.7 Å². The molecule has 8 rings (SSSR count). The highest BCUT2D eigenvalue weighted by Crippen LogP contribution is 2.51. The third-order valence-electron chi connectivity index (χ3n) is 16.6. The van der Waals surface area contributed by atoms with E-state index in [1.807, 2.05) is 64.1 Å². The molecule has 0 bridgehead atoms. The zero-order chi connectivity index (χ0) is 103. The molecule has 0 aromatic carbocycles. The minimum Gasteiger partial charge on any atom is -0.432 e. The predicted octanol–water partition coefficient (Wildman–Crippen LogP) is 16.0. The molecular weight excluding hydrogens is 1940 g/mol. The molecule has 139 heavy (non-hydrogen) atoms. The molecule has 8 heterocycles. The second kappa shape index (κ2) is 60.9. The van der Waals surface area contributed by atoms with Gasteiger partial charge in [-0.05, 0) is 194 Å². The van der Waals surface area contributed by atoms with Crippen molar-refractivity contribution in [1.29, 1.82) is 0 Å². The zero-order valence-corrected chi connectivity index (χ0v) is 84.6. The van der Waals surface area contributed by atoms with Crippen LogP contribution in [0.1, 0.15) is 163 Å². The summed E-state index contributed by atoms with van der Waals surface area (Å²) < 4.78 is 212. The van der Waals surface area contributed by atoms with Gasteiger partial charge in [-0.2, -0.15) is 20.4 Å². The minimum absolute atomic E-state index is 0.0402. The van der Waals surface area contributed by atoms with E-state index in [9.17, 15) is 61.0 Å². The molecule has 8 aromatic rings. The number of nitrogens with zero attached hydrogens (tertiary/aromatic N) is 12. The third kappa shape index (κ3) is 46.3. The highest BCUT2D eigenvalue weighted by molar-refractivity contribution is 7.54. The molecule has 0 spiro atoms. The molecular formula is C82H123FN12O40P4. The number of aromatic nitrogens is 12. The topological polar surface area (TPSA) is 584 Å². The van der Waals surface area contributed by atoms with Crippen molar-refractivity contribution in [2.24, 2.45) is 0 Å². The zero-order valence-electron chi connectivity index (χ0n) is 81.0. The van der Waals surface area contributed by atoms with Gasteiger partial charge in [0, 0.05) is 36.3 Å². The Balaban J connectivity index is 0.000000327. The van der Waals surface area contributed by atoms with Crippen LogP contribution in [0.4, 0.5) is 42.7 Å². The van der Waals surface area contributed by atoms with Gasteiger partial charge in [-0.15, -0.1) is 0 Å². The summed E-state index contributed by atoms with van der Waals surface area (Å²) in [6.07, 6.45) is -8.18. The molecule has 778 valence electrons. The first-order valence-electron chi connectivity index (χ1n) is 43.0. The van der Waals surface area contributed by atoms with Gasteiger partial charge in [0.1, 0.15) is 51.0 Å². The lowest BCUT2D eigenvalue weighted by Gasteiger charge is -2.21. The molecule has 2 unspecified atom stereocenters. The number of halogens is 1. The van der Waals surface area contributed by atoms with Crippen LogP contribution in [0.25, 0.3) is 22.1 Å². The Hall–Kier alpha value is -11.0. The van der Waals surface area contributed by atoms with Gasteiger partial charge in [-0.3, -0.25) is 54.5 Å². The van der Waals surface area contributed by atoms with E-state index in [1.165, 1.54) is 25.3 Å². The van der Waals surface area contributed by atoms with Gasteiger partial charge >= 0.3 is 79.6 Å². The molecule has 0 aliphatic heterocycles. The molecule has 0 saturated heterocycles. The maximum atomic E-state index is 13.8. The van der Waals surface area contributed by atoms with Crippen molar-refractivity contribution >= 4 is 102 Å². The van der Waals surface area contributed by atoms with Crippen molar-refractivity contribution in [1.82, 2.24) is 58.4 Å². The van der Waals surface area contributed by atoms with Gasteiger partial charge in [0.05, 0.1) is 138 Å². The number of aryl methyl sites for hydroxylation is 4. The fraction of sp³-hybridized carbons (Fsp3) is 0.610. The van der Waals surface area contributed by atoms with Crippen LogP contribution < -0.4 is 0 Å². The summed E-state index contributed by atoms with van der Waals surface area (Å²) in [5, 5.41) is 16.8. The second-order valence-corrected chi connectivity index (χ2v) is 39.1. The largest absolute Gasteiger partial charge is 0.510 e. The molecule has 0 amide bonds. The van der Waals surface area contributed by atoms with Crippen molar-refractivity contribution in [2.75, 3.05) is 99.4 Å². The van der Waals surface area contributed by atoms with E-state index in [2.05, 4.69) is 40.3 Å². The highest BCUT2D eigenvalue weighted by Gasteiger charge is 2.34. The summed E-state index contributed by atoms with van der Waals surface area (Å²) in [4.78, 5) is 109. The van der Waals surface area contributed by atoms with Gasteiger partial charge in [-0.1, -0.05) is 0 Å². The molecule has 0 radical (unpaired) electrons. The van der Waals surface area contributed by atoms with E-state index in [0.29, 0.717) is 18.5 Å². The lowest BCUT2D eigenvalue weighted by Crippen LogP contribution is -2.22. The molecule has 8 aromatic heterocycles. The van der Waals surface area contributed by atoms with Crippen molar-refractivity contribution in [3.8, 4) is 0 Å². The van der Waals surface area contributed by atoms with Crippen molar-refractivity contribution in [2.45, 2.75) is 232 Å². The maximum Gasteiger partial charge on any atom is 0.510 e. The predicted molar refractivity (Wildman–Crippen MR) is 478 cm³/mol. The van der Waals surface area contributed by atoms with E-state index in [1.54, 1.807) is 148 Å². The Morgan fingerprint density at radius 1 is 0.309 bits per heavy atom. The molecule has 2 atom stereocenters. The first-order chi connectivity index (χ1) is 65.7. The summed E-state index contributed by atoms with van der Waals surface area (Å²) in [6.45, 7) is 28.7. The van der Waals surface area contributed by atoms with Crippen molar-refractivity contribution in [3.63, 3.8) is 0 Å². The van der Waals surface area contributed by atoms with Gasteiger partial charge in [0.2, 0.25) is 54.3 Å². The van der Waals surface area contributed by atoms with Crippen LogP contribution in [0.5, 0.6) is 0 Å². The highest BCUT2D eigenvalue weighted by atomic mass is 31.2. The van der Waals surface area contributed by atoms with Gasteiger partial charge in [-0.25, -0.2) is 80.7 Å². The monoisotopic (exact) mass is 2060 g/mol. The number of fused-ring (bicyclic) bond motifs is 4. The molecule has 57 heteroatoms. The molecule has 0 N–H and O–H groups in total. The SMILES string of the molecule is Cc1ncnn2c(CC(C)OCP(=O)(OCOC(=O)OC(C)C)OCOC(=O)OC(C)C)ccc12.Cc1ncnn2c(CC(CF)OCP(=O)(OCOC(=O)OC(C)C)OCOC(=O)OC(C)C)ccc12.Cc1ncnn2c(CCOCP(=O)(OCOC(=O)OC(C)C)OCOC(=O)OC(C)C)ccc12.Cc1ncnn2c(COCCP(=O)(OCOC(=O)OC(C)C)OCOC(=O)OC(C)C)ccc12. The maximum absolute atomic E-state index is 13.8. The summed E-state index contributed by atoms with van der Waals surface area (Å²) in [6, 6.07) is 14.8. The molecule has 0 aliphatic carbocycles. The number of hydrogen-bond donors (Lipinski definition) is 0. The smallest absolute Gasteiger partial charge is 0.432 e. The Bertz CT molecular complexity index is 5060. The molecule has 0 saturated carbocycles. The Morgan fingerprint density at radius 3 is 0.856 bits per heavy atom. The number of rotatable bonds is 53. The van der Waals surface area contributed by atoms with Gasteiger partial charge in [0.25, 0.3) is 0 Å². The lowest BCUT2D eigenvalue weighted by atomic mass is 10.2. The van der Waals surface area contributed by atoms with Crippen LogP contribution in [0, 0.1) is 27.7 Å². The first-order valence-corrected chi connectivity index (χ1v) is 49.9. The van der Waals surface area contributed by atoms with Crippen LogP contribution >= 0.6 is 30.4 Å². The van der Waals surface area contributed by atoms with E-state index in [0.717, 1.165) is 61.9 Å². The van der Waals surface area contributed by atoms with E-state index in [-0.39, 0.29) is 32.4 Å². The number of ether oxygens (including phenoxy) is 20. The standard InChI is InChI=1S/C21H31FN3O10P.C21H32N3O10P.2C20H30N3O10P/c1-14(2)34-20(26)29-11-32-36(28,33-12-30-21(27)35-15(3)4)13-31-18(9-22)8-17-6-7-19-16(5)23-10-24-25(17)19;1-14(2)33-20(25)28-11-31-35(27,32-12-29-21(26)34-15(3)4)13-30-16(5)9-18-7-8-19-17(6)22-10-23-24(18)19;1-14(2)32-19(24)28-12-30-34(26,31-13-29-20(25)33-15(3)4)9-8-27-10-17-6-7-18-16(5)21-11-22-23(17)18;1-14(2)32-19(24)28-11-30-34(26,31-12-29-20(25)33-15(3)4)13-27-9-8-17-6-7-18-16(5)21-10-22-23(17)18/h6-7,10,14-15,18H,8-9,11-13H2,1-5H3;7-8,10,14-16H,9,11-13H2,1-6H3;6-7,11,14-15H,8-10,12-13H2,1-5H3;6-7,10,14-15H,8-9,11-13H2,1-5H3. The normalized spacial score (nSPS) is 12.2. The average molecular weight is 2060 g/mol. The number of hydrogen-bond acceptors (Lipinski definition) is 48. The summed E-state index contributed by atoms with van der Waals surface area (Å²) >= 11 is 0. The summed E-state index contributed by atoms with van der Waals surface area (Å²) in [7, 11) is -16.1. The first kappa shape index (κ1) is 118. The average Bonchev–Trinajstić information content (AvgIpc) is 1.68. The molecule has 0 fully saturated rings. The fourth-order valence-electron chi connectivity index (χ4n) is 10.5. The van der Waals surface area contributed by atoms with Crippen molar-refractivity contribution in [3.05, 3.63) is 119 Å². The van der Waals surface area contributed by atoms with Gasteiger partial charge in [0.15, 0.2) is 0 Å². The number of alkyl halides is 1. The van der Waals surface area contributed by atoms with Crippen LogP contribution in [-0.2, 0) is 175 Å². The molecule has 52 nitrogen and oxygen atoms in total. The summed E-state index contributed by atoms with van der Waals surface area (Å²) in [5.74, 6) is 0. The second-order valence-electron chi connectivity index (χ2n) is 30.9. The lowest BCUT2D eigenvalue weighted by molar-refractivity contribution is -0.0394. The Kier molecular flexibility index (Phi) is 51.9.